The molecule has 0 saturated carbocycles. The van der Waals surface area contributed by atoms with Crippen LogP contribution in [0, 0.1) is 5.92 Å². The van der Waals surface area contributed by atoms with Crippen molar-refractivity contribution in [3.05, 3.63) is 24.3 Å². The molecule has 0 aliphatic carbocycles. The second kappa shape index (κ2) is 7.21. The number of hydrogen-bond donors (Lipinski definition) is 1. The lowest BCUT2D eigenvalue weighted by atomic mass is 9.96. The third-order valence-electron chi connectivity index (χ3n) is 4.93. The Morgan fingerprint density at radius 1 is 1.29 bits per heavy atom. The standard InChI is InChI=1S/C18H25N3O3/c1-2-13-6-5-9-20(10-13)12-17(22)21-11-16(18(19)23)24-15-8-4-3-7-14(15)21/h3-4,7-8,13,16H,2,5-6,9-12H2,1H3,(H2,19,23)/t13-,16+/m1/s1. The highest BCUT2D eigenvalue weighted by atomic mass is 16.5. The fourth-order valence-electron chi connectivity index (χ4n) is 3.52. The van der Waals surface area contributed by atoms with Crippen LogP contribution in [0.5, 0.6) is 5.75 Å². The number of carbonyl (C=O) groups excluding carboxylic acids is 2. The van der Waals surface area contributed by atoms with E-state index in [1.165, 1.54) is 6.42 Å². The first-order valence-electron chi connectivity index (χ1n) is 8.66. The van der Waals surface area contributed by atoms with Crippen LogP contribution in [0.4, 0.5) is 5.69 Å². The van der Waals surface area contributed by atoms with Crippen LogP contribution in [0.25, 0.3) is 0 Å². The molecule has 1 saturated heterocycles. The van der Waals surface area contributed by atoms with Crippen LogP contribution < -0.4 is 15.4 Å². The van der Waals surface area contributed by atoms with Gasteiger partial charge in [0.25, 0.3) is 5.91 Å². The number of carbonyl (C=O) groups is 2. The maximum absolute atomic E-state index is 12.9. The molecule has 130 valence electrons. The number of ether oxygens (including phenoxy) is 1. The predicted molar refractivity (Wildman–Crippen MR) is 91.9 cm³/mol. The Bertz CT molecular complexity index is 619. The Hall–Kier alpha value is -2.08. The van der Waals surface area contributed by atoms with E-state index in [1.807, 2.05) is 18.2 Å². The number of amides is 2. The van der Waals surface area contributed by atoms with Crippen molar-refractivity contribution in [1.82, 2.24) is 4.90 Å². The largest absolute Gasteiger partial charge is 0.477 e. The highest BCUT2D eigenvalue weighted by molar-refractivity contribution is 5.98. The van der Waals surface area contributed by atoms with Gasteiger partial charge in [-0.05, 0) is 37.4 Å². The number of hydrogen-bond acceptors (Lipinski definition) is 4. The highest BCUT2D eigenvalue weighted by Gasteiger charge is 2.33. The van der Waals surface area contributed by atoms with Gasteiger partial charge in [-0.15, -0.1) is 0 Å². The van der Waals surface area contributed by atoms with Gasteiger partial charge in [-0.25, -0.2) is 0 Å². The molecule has 2 aliphatic heterocycles. The lowest BCUT2D eigenvalue weighted by molar-refractivity contribution is -0.125. The Balaban J connectivity index is 1.74. The smallest absolute Gasteiger partial charge is 0.260 e. The predicted octanol–water partition coefficient (Wildman–Crippen LogP) is 1.39. The molecule has 3 rings (SSSR count). The molecule has 2 atom stereocenters. The lowest BCUT2D eigenvalue weighted by Gasteiger charge is -2.36. The second-order valence-electron chi connectivity index (χ2n) is 6.63. The van der Waals surface area contributed by atoms with Crippen LogP contribution in [-0.4, -0.2) is 49.0 Å². The molecule has 2 amide bonds. The molecule has 1 aromatic carbocycles. The fourth-order valence-corrected chi connectivity index (χ4v) is 3.52. The van der Waals surface area contributed by atoms with Crippen molar-refractivity contribution in [1.29, 1.82) is 0 Å². The zero-order valence-corrected chi connectivity index (χ0v) is 14.1. The number of piperidine rings is 1. The Kier molecular flexibility index (Phi) is 5.04. The minimum atomic E-state index is -0.798. The van der Waals surface area contributed by atoms with Gasteiger partial charge in [0.15, 0.2) is 6.10 Å². The first-order chi connectivity index (χ1) is 11.6. The molecule has 1 fully saturated rings. The van der Waals surface area contributed by atoms with Gasteiger partial charge in [-0.2, -0.15) is 0 Å². The quantitative estimate of drug-likeness (QED) is 0.904. The number of likely N-dealkylation sites (tertiary alicyclic amines) is 1. The Morgan fingerprint density at radius 2 is 2.08 bits per heavy atom. The molecule has 0 radical (unpaired) electrons. The van der Waals surface area contributed by atoms with E-state index in [0.717, 1.165) is 25.9 Å². The SMILES string of the molecule is CC[C@@H]1CCCN(CC(=O)N2C[C@@H](C(N)=O)Oc3ccccc32)C1. The molecule has 0 unspecified atom stereocenters. The molecule has 6 heteroatoms. The fraction of sp³-hybridized carbons (Fsp3) is 0.556. The van der Waals surface area contributed by atoms with Crippen LogP contribution in [-0.2, 0) is 9.59 Å². The van der Waals surface area contributed by atoms with Gasteiger partial charge in [0.05, 0.1) is 18.8 Å². The van der Waals surface area contributed by atoms with Gasteiger partial charge >= 0.3 is 0 Å². The minimum Gasteiger partial charge on any atom is -0.477 e. The summed E-state index contributed by atoms with van der Waals surface area (Å²) in [5, 5.41) is 0. The van der Waals surface area contributed by atoms with Gasteiger partial charge in [-0.1, -0.05) is 25.5 Å². The summed E-state index contributed by atoms with van der Waals surface area (Å²) in [4.78, 5) is 28.3. The number of anilines is 1. The normalized spacial score (nSPS) is 24.1. The summed E-state index contributed by atoms with van der Waals surface area (Å²) in [7, 11) is 0. The summed E-state index contributed by atoms with van der Waals surface area (Å²) in [6.45, 7) is 4.67. The molecule has 1 aromatic rings. The van der Waals surface area contributed by atoms with E-state index in [-0.39, 0.29) is 12.5 Å². The second-order valence-corrected chi connectivity index (χ2v) is 6.63. The van der Waals surface area contributed by atoms with Crippen LogP contribution in [0.15, 0.2) is 24.3 Å². The van der Waals surface area contributed by atoms with Gasteiger partial charge in [0, 0.05) is 6.54 Å². The number of fused-ring (bicyclic) bond motifs is 1. The molecular weight excluding hydrogens is 306 g/mol. The summed E-state index contributed by atoms with van der Waals surface area (Å²) < 4.78 is 5.62. The first-order valence-corrected chi connectivity index (χ1v) is 8.66. The van der Waals surface area contributed by atoms with Crippen LogP contribution in [0.3, 0.4) is 0 Å². The molecule has 24 heavy (non-hydrogen) atoms. The topological polar surface area (TPSA) is 75.9 Å². The third-order valence-corrected chi connectivity index (χ3v) is 4.93. The first kappa shape index (κ1) is 16.8. The number of nitrogens with zero attached hydrogens (tertiary/aromatic N) is 2. The highest BCUT2D eigenvalue weighted by Crippen LogP contribution is 2.33. The van der Waals surface area contributed by atoms with E-state index in [4.69, 9.17) is 10.5 Å². The average molecular weight is 331 g/mol. The number of benzene rings is 1. The van der Waals surface area contributed by atoms with Crippen molar-refractivity contribution in [3.63, 3.8) is 0 Å². The summed E-state index contributed by atoms with van der Waals surface area (Å²) in [5.74, 6) is 0.646. The maximum atomic E-state index is 12.9. The molecule has 2 heterocycles. The Morgan fingerprint density at radius 3 is 2.83 bits per heavy atom. The summed E-state index contributed by atoms with van der Waals surface area (Å²) >= 11 is 0. The van der Waals surface area contributed by atoms with E-state index in [9.17, 15) is 9.59 Å². The number of para-hydroxylation sites is 2. The zero-order valence-electron chi connectivity index (χ0n) is 14.1. The van der Waals surface area contributed by atoms with E-state index in [0.29, 0.717) is 23.9 Å². The minimum absolute atomic E-state index is 0.00578. The summed E-state index contributed by atoms with van der Waals surface area (Å²) in [5.41, 5.74) is 6.11. The van der Waals surface area contributed by atoms with Crippen molar-refractivity contribution in [3.8, 4) is 5.75 Å². The number of primary amides is 1. The third kappa shape index (κ3) is 3.53. The van der Waals surface area contributed by atoms with Crippen molar-refractivity contribution in [2.75, 3.05) is 31.1 Å². The molecule has 0 aromatic heterocycles. The number of rotatable bonds is 4. The van der Waals surface area contributed by atoms with Crippen molar-refractivity contribution >= 4 is 17.5 Å². The molecule has 2 aliphatic rings. The zero-order chi connectivity index (χ0) is 17.1. The van der Waals surface area contributed by atoms with Crippen LogP contribution in [0.2, 0.25) is 0 Å². The molecule has 0 bridgehead atoms. The summed E-state index contributed by atoms with van der Waals surface area (Å²) in [6.07, 6.45) is 2.73. The average Bonchev–Trinajstić information content (AvgIpc) is 2.60. The summed E-state index contributed by atoms with van der Waals surface area (Å²) in [6, 6.07) is 7.29. The van der Waals surface area contributed by atoms with E-state index >= 15 is 0 Å². The van der Waals surface area contributed by atoms with E-state index in [2.05, 4.69) is 11.8 Å². The van der Waals surface area contributed by atoms with Crippen LogP contribution >= 0.6 is 0 Å². The van der Waals surface area contributed by atoms with Gasteiger partial charge in [0.2, 0.25) is 5.91 Å². The monoisotopic (exact) mass is 331 g/mol. The van der Waals surface area contributed by atoms with E-state index < -0.39 is 12.0 Å². The van der Waals surface area contributed by atoms with Crippen molar-refractivity contribution in [2.24, 2.45) is 11.7 Å². The molecule has 2 N–H and O–H groups in total. The Labute approximate surface area is 142 Å². The van der Waals surface area contributed by atoms with Gasteiger partial charge in [0.1, 0.15) is 5.75 Å². The van der Waals surface area contributed by atoms with Crippen molar-refractivity contribution in [2.45, 2.75) is 32.3 Å². The van der Waals surface area contributed by atoms with E-state index in [1.54, 1.807) is 11.0 Å². The van der Waals surface area contributed by atoms with Crippen molar-refractivity contribution < 1.29 is 14.3 Å². The van der Waals surface area contributed by atoms with Gasteiger partial charge < -0.3 is 15.4 Å². The van der Waals surface area contributed by atoms with Gasteiger partial charge in [-0.3, -0.25) is 14.5 Å². The number of nitrogens with two attached hydrogens (primary N) is 1. The molecule has 6 nitrogen and oxygen atoms in total. The van der Waals surface area contributed by atoms with Crippen LogP contribution in [0.1, 0.15) is 26.2 Å². The molecular formula is C18H25N3O3. The maximum Gasteiger partial charge on any atom is 0.260 e. The lowest BCUT2D eigenvalue weighted by Crippen LogP contribution is -2.52. The molecule has 0 spiro atoms.